The van der Waals surface area contributed by atoms with Crippen LogP contribution in [0.2, 0.25) is 5.02 Å². The molecule has 5 heteroatoms. The number of nitrogens with zero attached hydrogens (tertiary/aromatic N) is 1. The van der Waals surface area contributed by atoms with E-state index in [1.54, 1.807) is 0 Å². The summed E-state index contributed by atoms with van der Waals surface area (Å²) in [5.41, 5.74) is 6.24. The minimum absolute atomic E-state index is 0.216. The maximum Gasteiger partial charge on any atom is 0.319 e. The number of aromatic nitrogens is 1. The van der Waals surface area contributed by atoms with Gasteiger partial charge >= 0.3 is 6.03 Å². The molecule has 4 nitrogen and oxygen atoms in total. The van der Waals surface area contributed by atoms with Crippen molar-refractivity contribution in [3.8, 4) is 5.69 Å². The highest BCUT2D eigenvalue weighted by Crippen LogP contribution is 2.22. The summed E-state index contributed by atoms with van der Waals surface area (Å²) in [4.78, 5) is 12.2. The van der Waals surface area contributed by atoms with Gasteiger partial charge in [-0.15, -0.1) is 0 Å². The molecule has 0 saturated carbocycles. The van der Waals surface area contributed by atoms with E-state index in [9.17, 15) is 4.79 Å². The summed E-state index contributed by atoms with van der Waals surface area (Å²) in [7, 11) is 0. The lowest BCUT2D eigenvalue weighted by molar-refractivity contribution is 0.251. The molecule has 2 N–H and O–H groups in total. The van der Waals surface area contributed by atoms with E-state index in [0.29, 0.717) is 11.6 Å². The number of hydrogen-bond donors (Lipinski definition) is 2. The zero-order valence-electron chi connectivity index (χ0n) is 15.1. The van der Waals surface area contributed by atoms with Crippen molar-refractivity contribution in [1.29, 1.82) is 0 Å². The van der Waals surface area contributed by atoms with Gasteiger partial charge < -0.3 is 15.2 Å². The molecule has 1 heterocycles. The van der Waals surface area contributed by atoms with Crippen LogP contribution in [0.15, 0.2) is 54.6 Å². The first-order chi connectivity index (χ1) is 12.4. The van der Waals surface area contributed by atoms with Crippen LogP contribution in [0.1, 0.15) is 22.5 Å². The normalized spacial score (nSPS) is 10.6. The Labute approximate surface area is 158 Å². The standard InChI is InChI=1S/C21H22ClN3O/c1-14-5-4-6-19(11-14)24-21(26)23-13-17-12-15(2)25(16(17)3)20-9-7-18(22)8-10-20/h4-12H,13H2,1-3H3,(H2,23,24,26). The molecule has 0 bridgehead atoms. The third-order valence-electron chi connectivity index (χ3n) is 4.34. The van der Waals surface area contributed by atoms with Gasteiger partial charge in [0.1, 0.15) is 0 Å². The number of hydrogen-bond acceptors (Lipinski definition) is 1. The maximum absolute atomic E-state index is 12.2. The largest absolute Gasteiger partial charge is 0.334 e. The van der Waals surface area contributed by atoms with Gasteiger partial charge in [0, 0.05) is 34.3 Å². The predicted molar refractivity (Wildman–Crippen MR) is 107 cm³/mol. The molecule has 2 aromatic carbocycles. The fourth-order valence-electron chi connectivity index (χ4n) is 3.07. The topological polar surface area (TPSA) is 46.1 Å². The summed E-state index contributed by atoms with van der Waals surface area (Å²) in [6, 6.07) is 17.3. The van der Waals surface area contributed by atoms with Crippen molar-refractivity contribution in [2.75, 3.05) is 5.32 Å². The van der Waals surface area contributed by atoms with Gasteiger partial charge in [-0.3, -0.25) is 0 Å². The molecule has 134 valence electrons. The summed E-state index contributed by atoms with van der Waals surface area (Å²) in [5.74, 6) is 0. The van der Waals surface area contributed by atoms with E-state index in [0.717, 1.165) is 33.9 Å². The van der Waals surface area contributed by atoms with E-state index in [1.165, 1.54) is 0 Å². The van der Waals surface area contributed by atoms with Gasteiger partial charge in [-0.05, 0) is 74.4 Å². The van der Waals surface area contributed by atoms with Crippen molar-refractivity contribution < 1.29 is 4.79 Å². The van der Waals surface area contributed by atoms with Crippen molar-refractivity contribution in [3.63, 3.8) is 0 Å². The van der Waals surface area contributed by atoms with Crippen LogP contribution >= 0.6 is 11.6 Å². The highest BCUT2D eigenvalue weighted by Gasteiger charge is 2.11. The Morgan fingerprint density at radius 3 is 2.46 bits per heavy atom. The molecule has 2 amide bonds. The Balaban J connectivity index is 1.70. The van der Waals surface area contributed by atoms with E-state index in [1.807, 2.05) is 55.5 Å². The molecular weight excluding hydrogens is 346 g/mol. The second kappa shape index (κ2) is 7.67. The van der Waals surface area contributed by atoms with Gasteiger partial charge in [0.05, 0.1) is 0 Å². The first-order valence-corrected chi connectivity index (χ1v) is 8.87. The maximum atomic E-state index is 12.2. The number of carbonyl (C=O) groups excluding carboxylic acids is 1. The van der Waals surface area contributed by atoms with E-state index in [4.69, 9.17) is 11.6 Å². The van der Waals surface area contributed by atoms with Crippen LogP contribution in [0.4, 0.5) is 10.5 Å². The number of anilines is 1. The van der Waals surface area contributed by atoms with Crippen molar-refractivity contribution in [2.24, 2.45) is 0 Å². The number of urea groups is 1. The number of amides is 2. The Morgan fingerprint density at radius 2 is 1.77 bits per heavy atom. The molecule has 0 atom stereocenters. The van der Waals surface area contributed by atoms with Crippen molar-refractivity contribution in [2.45, 2.75) is 27.3 Å². The molecule has 0 aliphatic heterocycles. The molecule has 3 rings (SSSR count). The zero-order chi connectivity index (χ0) is 18.7. The number of aryl methyl sites for hydroxylation is 2. The summed E-state index contributed by atoms with van der Waals surface area (Å²) >= 11 is 5.98. The average molecular weight is 368 g/mol. The lowest BCUT2D eigenvalue weighted by Gasteiger charge is -2.11. The predicted octanol–water partition coefficient (Wildman–Crippen LogP) is 5.38. The zero-order valence-corrected chi connectivity index (χ0v) is 15.9. The van der Waals surface area contributed by atoms with Gasteiger partial charge in [-0.25, -0.2) is 4.79 Å². The first kappa shape index (κ1) is 18.1. The van der Waals surface area contributed by atoms with Crippen LogP contribution in [-0.2, 0) is 6.54 Å². The summed E-state index contributed by atoms with van der Waals surface area (Å²) in [5, 5.41) is 6.50. The number of halogens is 1. The average Bonchev–Trinajstić information content (AvgIpc) is 2.88. The fourth-order valence-corrected chi connectivity index (χ4v) is 3.20. The second-order valence-corrected chi connectivity index (χ2v) is 6.82. The minimum atomic E-state index is -0.216. The number of carbonyl (C=O) groups is 1. The van der Waals surface area contributed by atoms with Gasteiger partial charge in [0.2, 0.25) is 0 Å². The van der Waals surface area contributed by atoms with Gasteiger partial charge in [0.15, 0.2) is 0 Å². The highest BCUT2D eigenvalue weighted by atomic mass is 35.5. The van der Waals surface area contributed by atoms with Crippen LogP contribution < -0.4 is 10.6 Å². The van der Waals surface area contributed by atoms with Crippen molar-refractivity contribution in [3.05, 3.63) is 82.1 Å². The lowest BCUT2D eigenvalue weighted by Crippen LogP contribution is -2.28. The molecule has 0 saturated heterocycles. The fraction of sp³-hybridized carbons (Fsp3) is 0.190. The smallest absolute Gasteiger partial charge is 0.319 e. The summed E-state index contributed by atoms with van der Waals surface area (Å²) < 4.78 is 2.16. The number of rotatable bonds is 4. The monoisotopic (exact) mass is 367 g/mol. The van der Waals surface area contributed by atoms with Crippen molar-refractivity contribution >= 4 is 23.3 Å². The third-order valence-corrected chi connectivity index (χ3v) is 4.59. The van der Waals surface area contributed by atoms with E-state index in [2.05, 4.69) is 35.1 Å². The number of nitrogens with one attached hydrogen (secondary N) is 2. The van der Waals surface area contributed by atoms with Crippen molar-refractivity contribution in [1.82, 2.24) is 9.88 Å². The van der Waals surface area contributed by atoms with Crippen LogP contribution in [0.25, 0.3) is 5.69 Å². The van der Waals surface area contributed by atoms with Crippen LogP contribution in [0.5, 0.6) is 0 Å². The van der Waals surface area contributed by atoms with E-state index >= 15 is 0 Å². The Kier molecular flexibility index (Phi) is 5.33. The van der Waals surface area contributed by atoms with Gasteiger partial charge in [-0.2, -0.15) is 0 Å². The minimum Gasteiger partial charge on any atom is -0.334 e. The lowest BCUT2D eigenvalue weighted by atomic mass is 10.2. The van der Waals surface area contributed by atoms with E-state index in [-0.39, 0.29) is 6.03 Å². The molecule has 0 radical (unpaired) electrons. The molecule has 3 aromatic rings. The summed E-state index contributed by atoms with van der Waals surface area (Å²) in [6.45, 7) is 6.56. The molecule has 0 fully saturated rings. The SMILES string of the molecule is Cc1cccc(NC(=O)NCc2cc(C)n(-c3ccc(Cl)cc3)c2C)c1. The Hall–Kier alpha value is -2.72. The second-order valence-electron chi connectivity index (χ2n) is 6.39. The van der Waals surface area contributed by atoms with Gasteiger partial charge in [-0.1, -0.05) is 23.7 Å². The van der Waals surface area contributed by atoms with Crippen LogP contribution in [-0.4, -0.2) is 10.6 Å². The molecule has 1 aromatic heterocycles. The first-order valence-electron chi connectivity index (χ1n) is 8.49. The Morgan fingerprint density at radius 1 is 1.04 bits per heavy atom. The Bertz CT molecular complexity index is 929. The van der Waals surface area contributed by atoms with Gasteiger partial charge in [0.25, 0.3) is 0 Å². The van der Waals surface area contributed by atoms with E-state index < -0.39 is 0 Å². The molecule has 0 unspecified atom stereocenters. The third kappa shape index (κ3) is 4.09. The molecule has 26 heavy (non-hydrogen) atoms. The molecule has 0 aliphatic rings. The molecule has 0 spiro atoms. The number of benzene rings is 2. The summed E-state index contributed by atoms with van der Waals surface area (Å²) in [6.07, 6.45) is 0. The van der Waals surface area contributed by atoms with Crippen LogP contribution in [0, 0.1) is 20.8 Å². The molecule has 0 aliphatic carbocycles. The molecular formula is C21H22ClN3O. The quantitative estimate of drug-likeness (QED) is 0.639. The highest BCUT2D eigenvalue weighted by molar-refractivity contribution is 6.30. The van der Waals surface area contributed by atoms with Crippen LogP contribution in [0.3, 0.4) is 0 Å².